The molecular weight excluding hydrogens is 677 g/mol. The largest absolute Gasteiger partial charge is 0.310 e. The molecule has 0 aliphatic heterocycles. The molecule has 0 amide bonds. The second-order valence-electron chi connectivity index (χ2n) is 14.6. The normalized spacial score (nSPS) is 11.6. The number of benzene rings is 9. The third-order valence-electron chi connectivity index (χ3n) is 10.8. The highest BCUT2D eigenvalue weighted by Crippen LogP contribution is 2.42. The summed E-state index contributed by atoms with van der Waals surface area (Å²) in [6, 6.07) is 72.8. The molecule has 2 nitrogen and oxygen atoms in total. The third-order valence-corrected chi connectivity index (χ3v) is 10.8. The lowest BCUT2D eigenvalue weighted by Crippen LogP contribution is -2.10. The van der Waals surface area contributed by atoms with E-state index in [4.69, 9.17) is 0 Å². The van der Waals surface area contributed by atoms with Crippen LogP contribution in [0.5, 0.6) is 0 Å². The van der Waals surface area contributed by atoms with Crippen LogP contribution in [0.3, 0.4) is 0 Å². The summed E-state index contributed by atoms with van der Waals surface area (Å²) in [5.41, 5.74) is 11.9. The molecule has 270 valence electrons. The van der Waals surface area contributed by atoms with Gasteiger partial charge in [0.2, 0.25) is 0 Å². The quantitative estimate of drug-likeness (QED) is 0.103. The van der Waals surface area contributed by atoms with Crippen molar-refractivity contribution in [3.05, 3.63) is 217 Å². The SMILES string of the molecule is CCCC(=Cc1ccc(N(c2ccc(C)cc2)c2cc3ccccc3c3ccccc23)cc1)c1ccc(N(c2ccccc2)c2ccc3ccccc3c2)cc1. The molecule has 0 saturated carbocycles. The molecule has 2 heteroatoms. The van der Waals surface area contributed by atoms with Crippen LogP contribution >= 0.6 is 0 Å². The van der Waals surface area contributed by atoms with E-state index >= 15 is 0 Å². The van der Waals surface area contributed by atoms with Crippen LogP contribution in [0.15, 0.2) is 200 Å². The van der Waals surface area contributed by atoms with Crippen molar-refractivity contribution >= 4 is 78.1 Å². The van der Waals surface area contributed by atoms with Crippen LogP contribution in [0.2, 0.25) is 0 Å². The highest BCUT2D eigenvalue weighted by Gasteiger charge is 2.18. The zero-order valence-corrected chi connectivity index (χ0v) is 31.9. The summed E-state index contributed by atoms with van der Waals surface area (Å²) in [5, 5.41) is 7.47. The Hall–Kier alpha value is -6.90. The highest BCUT2D eigenvalue weighted by atomic mass is 15.1. The number of fused-ring (bicyclic) bond motifs is 4. The van der Waals surface area contributed by atoms with Gasteiger partial charge in [-0.05, 0) is 124 Å². The monoisotopic (exact) mass is 720 g/mol. The summed E-state index contributed by atoms with van der Waals surface area (Å²) in [7, 11) is 0. The molecule has 0 radical (unpaired) electrons. The van der Waals surface area contributed by atoms with E-state index in [0.717, 1.165) is 41.3 Å². The minimum absolute atomic E-state index is 0.993. The molecule has 0 bridgehead atoms. The van der Waals surface area contributed by atoms with Crippen molar-refractivity contribution < 1.29 is 0 Å². The number of hydrogen-bond donors (Lipinski definition) is 0. The summed E-state index contributed by atoms with van der Waals surface area (Å²) < 4.78 is 0. The van der Waals surface area contributed by atoms with Crippen LogP contribution in [0, 0.1) is 6.92 Å². The Morgan fingerprint density at radius 3 is 1.68 bits per heavy atom. The number of allylic oxidation sites excluding steroid dienone is 1. The number of para-hydroxylation sites is 1. The van der Waals surface area contributed by atoms with Crippen molar-refractivity contribution in [3.8, 4) is 0 Å². The van der Waals surface area contributed by atoms with Crippen LogP contribution in [0.25, 0.3) is 44.0 Å². The summed E-state index contributed by atoms with van der Waals surface area (Å²) in [6.07, 6.45) is 4.42. The zero-order valence-electron chi connectivity index (χ0n) is 31.9. The molecule has 9 aromatic carbocycles. The Balaban J connectivity index is 1.07. The molecule has 56 heavy (non-hydrogen) atoms. The molecule has 9 aromatic rings. The predicted molar refractivity (Wildman–Crippen MR) is 242 cm³/mol. The van der Waals surface area contributed by atoms with Crippen molar-refractivity contribution in [2.45, 2.75) is 26.7 Å². The summed E-state index contributed by atoms with van der Waals surface area (Å²) in [5.74, 6) is 0. The second kappa shape index (κ2) is 15.5. The molecule has 0 aromatic heterocycles. The van der Waals surface area contributed by atoms with Crippen molar-refractivity contribution in [2.75, 3.05) is 9.80 Å². The van der Waals surface area contributed by atoms with Gasteiger partial charge in [-0.1, -0.05) is 158 Å². The smallest absolute Gasteiger partial charge is 0.0546 e. The lowest BCUT2D eigenvalue weighted by atomic mass is 9.97. The molecular formula is C54H44N2. The molecule has 0 N–H and O–H groups in total. The highest BCUT2D eigenvalue weighted by molar-refractivity contribution is 6.14. The first-order valence-corrected chi connectivity index (χ1v) is 19.7. The Bertz CT molecular complexity index is 2800. The number of nitrogens with zero attached hydrogens (tertiary/aromatic N) is 2. The maximum Gasteiger partial charge on any atom is 0.0546 e. The van der Waals surface area contributed by atoms with E-state index in [0.29, 0.717) is 0 Å². The summed E-state index contributed by atoms with van der Waals surface area (Å²) in [6.45, 7) is 4.40. The first-order chi connectivity index (χ1) is 27.6. The van der Waals surface area contributed by atoms with Gasteiger partial charge in [0.15, 0.2) is 0 Å². The van der Waals surface area contributed by atoms with Gasteiger partial charge in [0.1, 0.15) is 0 Å². The Morgan fingerprint density at radius 2 is 0.964 bits per heavy atom. The van der Waals surface area contributed by atoms with Crippen molar-refractivity contribution in [1.82, 2.24) is 0 Å². The fourth-order valence-corrected chi connectivity index (χ4v) is 8.00. The molecule has 0 fully saturated rings. The van der Waals surface area contributed by atoms with Gasteiger partial charge in [0.25, 0.3) is 0 Å². The standard InChI is InChI=1S/C54H44N2/c1-3-13-43(42-26-33-47(34-27-42)55(46-17-5-4-6-18-46)50-35-28-41-14-7-8-15-44(41)37-50)36-40-24-31-49(32-25-40)56(48-29-22-39(2)23-30-48)54-38-45-16-9-10-19-51(45)52-20-11-12-21-53(52)54/h4-12,14-38H,3,13H2,1-2H3. The lowest BCUT2D eigenvalue weighted by molar-refractivity contribution is 0.976. The van der Waals surface area contributed by atoms with Crippen molar-refractivity contribution in [1.29, 1.82) is 0 Å². The van der Waals surface area contributed by atoms with Gasteiger partial charge in [0, 0.05) is 33.8 Å². The van der Waals surface area contributed by atoms with Gasteiger partial charge in [-0.15, -0.1) is 0 Å². The molecule has 0 spiro atoms. The average Bonchev–Trinajstić information content (AvgIpc) is 3.25. The Labute approximate surface area is 330 Å². The van der Waals surface area contributed by atoms with Crippen molar-refractivity contribution in [2.24, 2.45) is 0 Å². The van der Waals surface area contributed by atoms with E-state index < -0.39 is 0 Å². The molecule has 0 aliphatic carbocycles. The molecule has 0 unspecified atom stereocenters. The molecule has 0 heterocycles. The van der Waals surface area contributed by atoms with Crippen LogP contribution in [0.1, 0.15) is 36.5 Å². The fourth-order valence-electron chi connectivity index (χ4n) is 8.00. The predicted octanol–water partition coefficient (Wildman–Crippen LogP) is 15.7. The van der Waals surface area contributed by atoms with Crippen molar-refractivity contribution in [3.63, 3.8) is 0 Å². The first kappa shape index (κ1) is 34.8. The minimum Gasteiger partial charge on any atom is -0.310 e. The molecule has 0 saturated heterocycles. The van der Waals surface area contributed by atoms with E-state index in [1.807, 2.05) is 0 Å². The number of anilines is 6. The summed E-state index contributed by atoms with van der Waals surface area (Å²) in [4.78, 5) is 4.75. The van der Waals surface area contributed by atoms with E-state index in [9.17, 15) is 0 Å². The van der Waals surface area contributed by atoms with E-state index in [-0.39, 0.29) is 0 Å². The van der Waals surface area contributed by atoms with Gasteiger partial charge >= 0.3 is 0 Å². The van der Waals surface area contributed by atoms with E-state index in [1.165, 1.54) is 60.3 Å². The van der Waals surface area contributed by atoms with Crippen LogP contribution in [-0.4, -0.2) is 0 Å². The Morgan fingerprint density at radius 1 is 0.429 bits per heavy atom. The number of rotatable bonds is 10. The van der Waals surface area contributed by atoms with E-state index in [1.54, 1.807) is 0 Å². The van der Waals surface area contributed by atoms with Gasteiger partial charge < -0.3 is 9.80 Å². The zero-order chi connectivity index (χ0) is 37.8. The lowest BCUT2D eigenvalue weighted by Gasteiger charge is -2.28. The van der Waals surface area contributed by atoms with Gasteiger partial charge in [-0.2, -0.15) is 0 Å². The number of aryl methyl sites for hydroxylation is 1. The summed E-state index contributed by atoms with van der Waals surface area (Å²) >= 11 is 0. The van der Waals surface area contributed by atoms with Gasteiger partial charge in [-0.3, -0.25) is 0 Å². The van der Waals surface area contributed by atoms with Gasteiger partial charge in [0.05, 0.1) is 5.69 Å². The third kappa shape index (κ3) is 6.94. The van der Waals surface area contributed by atoms with Crippen LogP contribution in [0.4, 0.5) is 34.1 Å². The molecule has 0 aliphatic rings. The number of hydrogen-bond acceptors (Lipinski definition) is 2. The van der Waals surface area contributed by atoms with Crippen LogP contribution < -0.4 is 9.80 Å². The van der Waals surface area contributed by atoms with Gasteiger partial charge in [-0.25, -0.2) is 0 Å². The fraction of sp³-hybridized carbons (Fsp3) is 0.0741. The average molecular weight is 721 g/mol. The topological polar surface area (TPSA) is 6.48 Å². The molecule has 9 rings (SSSR count). The maximum absolute atomic E-state index is 2.40. The van der Waals surface area contributed by atoms with E-state index in [2.05, 4.69) is 230 Å². The second-order valence-corrected chi connectivity index (χ2v) is 14.6. The Kier molecular flexibility index (Phi) is 9.61. The first-order valence-electron chi connectivity index (χ1n) is 19.7. The van der Waals surface area contributed by atoms with Crippen LogP contribution in [-0.2, 0) is 0 Å². The molecule has 0 atom stereocenters. The maximum atomic E-state index is 2.40. The minimum atomic E-state index is 0.993.